The lowest BCUT2D eigenvalue weighted by molar-refractivity contribution is -0.136. The highest BCUT2D eigenvalue weighted by atomic mass is 32.1. The first-order valence-corrected chi connectivity index (χ1v) is 6.21. The van der Waals surface area contributed by atoms with E-state index >= 15 is 0 Å². The molecule has 0 spiro atoms. The van der Waals surface area contributed by atoms with E-state index in [0.29, 0.717) is 17.2 Å². The maximum absolute atomic E-state index is 11.5. The van der Waals surface area contributed by atoms with Gasteiger partial charge in [-0.15, -0.1) is 0 Å². The molecule has 4 atom stereocenters. The third-order valence-corrected chi connectivity index (χ3v) is 4.20. The first-order chi connectivity index (χ1) is 6.49. The van der Waals surface area contributed by atoms with Crippen LogP contribution in [0.15, 0.2) is 0 Å². The number of piperidine rings is 1. The lowest BCUT2D eigenvalue weighted by atomic mass is 9.87. The van der Waals surface area contributed by atoms with Gasteiger partial charge in [0.15, 0.2) is 0 Å². The lowest BCUT2D eigenvalue weighted by Crippen LogP contribution is -2.55. The molecule has 0 aromatic carbocycles. The Bertz CT molecular complexity index is 222. The number of amides is 1. The summed E-state index contributed by atoms with van der Waals surface area (Å²) in [6.07, 6.45) is 0.970. The number of hydrogen-bond acceptors (Lipinski definition) is 3. The molecule has 82 valence electrons. The molecule has 0 aromatic rings. The second-order valence-electron chi connectivity index (χ2n) is 4.17. The van der Waals surface area contributed by atoms with Gasteiger partial charge in [0, 0.05) is 24.3 Å². The molecule has 1 rings (SSSR count). The highest BCUT2D eigenvalue weighted by Crippen LogP contribution is 2.32. The number of thiol groups is 2. The fourth-order valence-corrected chi connectivity index (χ4v) is 3.82. The molecule has 14 heavy (non-hydrogen) atoms. The van der Waals surface area contributed by atoms with E-state index in [1.165, 1.54) is 0 Å². The van der Waals surface area contributed by atoms with Gasteiger partial charge in [-0.3, -0.25) is 4.79 Å². The molecule has 4 heteroatoms. The quantitative estimate of drug-likeness (QED) is 0.663. The van der Waals surface area contributed by atoms with Crippen molar-refractivity contribution in [1.82, 2.24) is 4.90 Å². The molecular formula is C10H19NOS2. The number of likely N-dealkylation sites (tertiary alicyclic amines) is 1. The molecule has 1 amide bonds. The molecule has 0 radical (unpaired) electrons. The summed E-state index contributed by atoms with van der Waals surface area (Å²) in [5.41, 5.74) is 0. The minimum absolute atomic E-state index is 0.164. The average Bonchev–Trinajstić information content (AvgIpc) is 2.02. The molecule has 0 N–H and O–H groups in total. The molecule has 0 saturated carbocycles. The first kappa shape index (κ1) is 12.2. The van der Waals surface area contributed by atoms with E-state index in [9.17, 15) is 4.79 Å². The zero-order chi connectivity index (χ0) is 10.9. The minimum atomic E-state index is 0.164. The molecule has 0 aromatic heterocycles. The molecule has 1 aliphatic heterocycles. The van der Waals surface area contributed by atoms with Gasteiger partial charge >= 0.3 is 0 Å². The Hall–Kier alpha value is 0.170. The van der Waals surface area contributed by atoms with Crippen molar-refractivity contribution in [3.05, 3.63) is 0 Å². The Labute approximate surface area is 97.2 Å². The Morgan fingerprint density at radius 1 is 1.50 bits per heavy atom. The first-order valence-electron chi connectivity index (χ1n) is 5.06. The van der Waals surface area contributed by atoms with E-state index in [1.54, 1.807) is 6.92 Å². The highest BCUT2D eigenvalue weighted by molar-refractivity contribution is 7.81. The Morgan fingerprint density at radius 3 is 2.50 bits per heavy atom. The van der Waals surface area contributed by atoms with Crippen LogP contribution < -0.4 is 0 Å². The van der Waals surface area contributed by atoms with E-state index < -0.39 is 0 Å². The van der Waals surface area contributed by atoms with Gasteiger partial charge in [-0.05, 0) is 31.9 Å². The van der Waals surface area contributed by atoms with E-state index in [1.807, 2.05) is 4.90 Å². The van der Waals surface area contributed by atoms with Crippen molar-refractivity contribution in [1.29, 1.82) is 0 Å². The largest absolute Gasteiger partial charge is 0.337 e. The fraction of sp³-hybridized carbons (Fsp3) is 0.900. The van der Waals surface area contributed by atoms with Gasteiger partial charge < -0.3 is 4.90 Å². The smallest absolute Gasteiger partial charge is 0.219 e. The van der Waals surface area contributed by atoms with Gasteiger partial charge in [-0.25, -0.2) is 0 Å². The van der Waals surface area contributed by atoms with E-state index in [0.717, 1.165) is 12.2 Å². The van der Waals surface area contributed by atoms with Crippen LogP contribution in [-0.4, -0.2) is 33.9 Å². The average molecular weight is 233 g/mol. The maximum atomic E-state index is 11.5. The van der Waals surface area contributed by atoms with Gasteiger partial charge in [0.25, 0.3) is 0 Å². The molecule has 1 aliphatic rings. The number of hydrogen-bond donors (Lipinski definition) is 2. The minimum Gasteiger partial charge on any atom is -0.337 e. The van der Waals surface area contributed by atoms with Crippen molar-refractivity contribution in [3.8, 4) is 0 Å². The van der Waals surface area contributed by atoms with E-state index in [4.69, 9.17) is 0 Å². The number of carbonyl (C=O) groups excluding carboxylic acids is 1. The second-order valence-corrected chi connectivity index (χ2v) is 5.19. The molecule has 2 nitrogen and oxygen atoms in total. The van der Waals surface area contributed by atoms with Crippen molar-refractivity contribution in [3.63, 3.8) is 0 Å². The standard InChI is InChI=1S/C10H19NOS2/c1-6-4-10(14)9(5-13)7(2)11(6)8(3)12/h6-7,9-10,13-14H,4-5H2,1-3H3. The molecule has 1 saturated heterocycles. The van der Waals surface area contributed by atoms with Crippen LogP contribution in [0.2, 0.25) is 0 Å². The zero-order valence-electron chi connectivity index (χ0n) is 8.97. The van der Waals surface area contributed by atoms with Gasteiger partial charge in [0.1, 0.15) is 0 Å². The summed E-state index contributed by atoms with van der Waals surface area (Å²) in [5, 5.41) is 0.369. The highest BCUT2D eigenvalue weighted by Gasteiger charge is 2.37. The predicted octanol–water partition coefficient (Wildman–Crippen LogP) is 1.86. The molecule has 1 fully saturated rings. The van der Waals surface area contributed by atoms with E-state index in [2.05, 4.69) is 39.1 Å². The summed E-state index contributed by atoms with van der Waals surface area (Å²) in [4.78, 5) is 13.4. The van der Waals surface area contributed by atoms with Crippen LogP contribution in [-0.2, 0) is 4.79 Å². The fourth-order valence-electron chi connectivity index (χ4n) is 2.44. The van der Waals surface area contributed by atoms with Crippen LogP contribution in [0, 0.1) is 5.92 Å². The zero-order valence-corrected chi connectivity index (χ0v) is 10.8. The van der Waals surface area contributed by atoms with Crippen LogP contribution in [0.5, 0.6) is 0 Å². The summed E-state index contributed by atoms with van der Waals surface area (Å²) in [6, 6.07) is 0.567. The summed E-state index contributed by atoms with van der Waals surface area (Å²) < 4.78 is 0. The van der Waals surface area contributed by atoms with E-state index in [-0.39, 0.29) is 11.9 Å². The van der Waals surface area contributed by atoms with Crippen LogP contribution >= 0.6 is 25.3 Å². The molecule has 0 aliphatic carbocycles. The molecule has 1 heterocycles. The van der Waals surface area contributed by atoms with Gasteiger partial charge in [-0.2, -0.15) is 25.3 Å². The summed E-state index contributed by atoms with van der Waals surface area (Å²) >= 11 is 8.91. The van der Waals surface area contributed by atoms with Crippen molar-refractivity contribution in [2.75, 3.05) is 5.75 Å². The Balaban J connectivity index is 2.82. The number of rotatable bonds is 1. The van der Waals surface area contributed by atoms with Crippen LogP contribution in [0.4, 0.5) is 0 Å². The van der Waals surface area contributed by atoms with Crippen molar-refractivity contribution in [2.45, 2.75) is 44.5 Å². The SMILES string of the molecule is CC(=O)N1C(C)CC(S)C(CS)C1C. The Kier molecular flexibility index (Phi) is 4.19. The maximum Gasteiger partial charge on any atom is 0.219 e. The lowest BCUT2D eigenvalue weighted by Gasteiger charge is -2.46. The normalized spacial score (nSPS) is 38.5. The second kappa shape index (κ2) is 4.79. The summed E-state index contributed by atoms with van der Waals surface area (Å²) in [5.74, 6) is 1.37. The van der Waals surface area contributed by atoms with Crippen molar-refractivity contribution >= 4 is 31.2 Å². The third-order valence-electron chi connectivity index (χ3n) is 3.18. The topological polar surface area (TPSA) is 20.3 Å². The monoisotopic (exact) mass is 233 g/mol. The molecule has 4 unspecified atom stereocenters. The summed E-state index contributed by atoms with van der Waals surface area (Å²) in [7, 11) is 0. The van der Waals surface area contributed by atoms with Crippen LogP contribution in [0.25, 0.3) is 0 Å². The van der Waals surface area contributed by atoms with Crippen LogP contribution in [0.1, 0.15) is 27.2 Å². The number of nitrogens with zero attached hydrogens (tertiary/aromatic N) is 1. The van der Waals surface area contributed by atoms with Crippen molar-refractivity contribution in [2.24, 2.45) is 5.92 Å². The third kappa shape index (κ3) is 2.22. The van der Waals surface area contributed by atoms with Gasteiger partial charge in [-0.1, -0.05) is 0 Å². The molecular weight excluding hydrogens is 214 g/mol. The molecule has 0 bridgehead atoms. The van der Waals surface area contributed by atoms with Crippen molar-refractivity contribution < 1.29 is 4.79 Å². The number of carbonyl (C=O) groups is 1. The predicted molar refractivity (Wildman–Crippen MR) is 66.2 cm³/mol. The summed E-state index contributed by atoms with van der Waals surface area (Å²) in [6.45, 7) is 5.83. The Morgan fingerprint density at radius 2 is 2.07 bits per heavy atom. The van der Waals surface area contributed by atoms with Gasteiger partial charge in [0.05, 0.1) is 0 Å². The van der Waals surface area contributed by atoms with Crippen LogP contribution in [0.3, 0.4) is 0 Å². The van der Waals surface area contributed by atoms with Gasteiger partial charge in [0.2, 0.25) is 5.91 Å².